The van der Waals surface area contributed by atoms with E-state index in [1.807, 2.05) is 7.05 Å². The number of hydrogen-bond donors (Lipinski definition) is 2. The van der Waals surface area contributed by atoms with Crippen molar-refractivity contribution in [1.29, 1.82) is 0 Å². The quantitative estimate of drug-likeness (QED) is 0.595. The number of carbonyl (C=O) groups is 1. The summed E-state index contributed by atoms with van der Waals surface area (Å²) in [4.78, 5) is 8.36. The van der Waals surface area contributed by atoms with Crippen LogP contribution in [0.4, 0.5) is 0 Å². The number of rotatable bonds is 5. The van der Waals surface area contributed by atoms with Crippen LogP contribution in [0.25, 0.3) is 0 Å². The van der Waals surface area contributed by atoms with Crippen molar-refractivity contribution in [3.05, 3.63) is 35.9 Å². The molecule has 0 spiro atoms. The van der Waals surface area contributed by atoms with Gasteiger partial charge in [-0.3, -0.25) is 4.79 Å². The Morgan fingerprint density at radius 2 is 1.94 bits per heavy atom. The molecule has 0 amide bonds. The van der Waals surface area contributed by atoms with E-state index in [1.54, 1.807) is 0 Å². The van der Waals surface area contributed by atoms with E-state index in [4.69, 9.17) is 9.90 Å². The van der Waals surface area contributed by atoms with Crippen LogP contribution < -0.4 is 5.32 Å². The van der Waals surface area contributed by atoms with Crippen molar-refractivity contribution in [2.24, 2.45) is 0 Å². The second kappa shape index (κ2) is 10.2. The Hall–Kier alpha value is -1.35. The number of benzene rings is 1. The molecule has 1 unspecified atom stereocenters. The molecule has 0 bridgehead atoms. The molecule has 0 saturated carbocycles. The van der Waals surface area contributed by atoms with Crippen LogP contribution in [0.1, 0.15) is 31.2 Å². The predicted octanol–water partition coefficient (Wildman–Crippen LogP) is 2.49. The SMILES string of the molecule is CNCCCC(C)c1ccccc1.O=CO. The molecule has 0 aliphatic carbocycles. The van der Waals surface area contributed by atoms with Gasteiger partial charge in [0.15, 0.2) is 0 Å². The molecular formula is C13H21NO2. The van der Waals surface area contributed by atoms with Gasteiger partial charge in [-0.05, 0) is 37.9 Å². The van der Waals surface area contributed by atoms with Gasteiger partial charge < -0.3 is 10.4 Å². The van der Waals surface area contributed by atoms with E-state index < -0.39 is 0 Å². The Morgan fingerprint density at radius 1 is 1.38 bits per heavy atom. The first kappa shape index (κ1) is 14.6. The van der Waals surface area contributed by atoms with Gasteiger partial charge in [-0.25, -0.2) is 0 Å². The van der Waals surface area contributed by atoms with Crippen LogP contribution in [0, 0.1) is 0 Å². The van der Waals surface area contributed by atoms with E-state index >= 15 is 0 Å². The molecule has 2 N–H and O–H groups in total. The lowest BCUT2D eigenvalue weighted by atomic mass is 9.96. The van der Waals surface area contributed by atoms with Gasteiger partial charge in [0.1, 0.15) is 0 Å². The maximum Gasteiger partial charge on any atom is 0.290 e. The Bertz CT molecular complexity index is 262. The Balaban J connectivity index is 0.000000673. The summed E-state index contributed by atoms with van der Waals surface area (Å²) < 4.78 is 0. The second-order valence-corrected chi connectivity index (χ2v) is 3.66. The average Bonchev–Trinajstić information content (AvgIpc) is 2.31. The molecule has 3 nitrogen and oxygen atoms in total. The van der Waals surface area contributed by atoms with E-state index in [0.29, 0.717) is 5.92 Å². The third-order valence-corrected chi connectivity index (χ3v) is 2.43. The highest BCUT2D eigenvalue weighted by molar-refractivity contribution is 5.32. The first-order valence-corrected chi connectivity index (χ1v) is 5.53. The van der Waals surface area contributed by atoms with E-state index in [9.17, 15) is 0 Å². The van der Waals surface area contributed by atoms with Crippen molar-refractivity contribution in [2.75, 3.05) is 13.6 Å². The summed E-state index contributed by atoms with van der Waals surface area (Å²) in [6.07, 6.45) is 2.53. The molecule has 16 heavy (non-hydrogen) atoms. The fourth-order valence-electron chi connectivity index (χ4n) is 1.53. The molecule has 0 aliphatic rings. The Morgan fingerprint density at radius 3 is 2.44 bits per heavy atom. The summed E-state index contributed by atoms with van der Waals surface area (Å²) in [6, 6.07) is 10.7. The third kappa shape index (κ3) is 7.01. The lowest BCUT2D eigenvalue weighted by Gasteiger charge is -2.10. The highest BCUT2D eigenvalue weighted by Gasteiger charge is 2.02. The minimum absolute atomic E-state index is 0.250. The first-order chi connectivity index (χ1) is 7.76. The van der Waals surface area contributed by atoms with Gasteiger partial charge in [-0.2, -0.15) is 0 Å². The molecule has 0 saturated heterocycles. The van der Waals surface area contributed by atoms with Crippen LogP contribution in [-0.2, 0) is 4.79 Å². The van der Waals surface area contributed by atoms with Gasteiger partial charge in [0, 0.05) is 0 Å². The molecule has 0 aliphatic heterocycles. The number of carboxylic acid groups (broad SMARTS) is 1. The fourth-order valence-corrected chi connectivity index (χ4v) is 1.53. The maximum atomic E-state index is 8.36. The fraction of sp³-hybridized carbons (Fsp3) is 0.462. The second-order valence-electron chi connectivity index (χ2n) is 3.66. The van der Waals surface area contributed by atoms with Gasteiger partial charge in [-0.1, -0.05) is 37.3 Å². The monoisotopic (exact) mass is 223 g/mol. The number of nitrogens with one attached hydrogen (secondary N) is 1. The van der Waals surface area contributed by atoms with Gasteiger partial charge >= 0.3 is 0 Å². The maximum absolute atomic E-state index is 8.36. The van der Waals surface area contributed by atoms with Crippen molar-refractivity contribution in [3.63, 3.8) is 0 Å². The molecule has 3 heteroatoms. The van der Waals surface area contributed by atoms with E-state index in [1.165, 1.54) is 18.4 Å². The zero-order valence-corrected chi connectivity index (χ0v) is 10.0. The summed E-state index contributed by atoms with van der Waals surface area (Å²) in [7, 11) is 2.01. The summed E-state index contributed by atoms with van der Waals surface area (Å²) in [5, 5.41) is 10.1. The average molecular weight is 223 g/mol. The summed E-state index contributed by atoms with van der Waals surface area (Å²) >= 11 is 0. The summed E-state index contributed by atoms with van der Waals surface area (Å²) in [5.74, 6) is 0.689. The minimum atomic E-state index is -0.250. The zero-order valence-electron chi connectivity index (χ0n) is 10.0. The molecule has 90 valence electrons. The van der Waals surface area contributed by atoms with E-state index in [2.05, 4.69) is 42.6 Å². The predicted molar refractivity (Wildman–Crippen MR) is 66.7 cm³/mol. The summed E-state index contributed by atoms with van der Waals surface area (Å²) in [5.41, 5.74) is 1.46. The molecule has 0 fully saturated rings. The molecule has 1 atom stereocenters. The molecule has 0 aromatic heterocycles. The van der Waals surface area contributed by atoms with Crippen LogP contribution in [0.2, 0.25) is 0 Å². The lowest BCUT2D eigenvalue weighted by molar-refractivity contribution is -0.122. The molecule has 0 radical (unpaired) electrons. The van der Waals surface area contributed by atoms with Crippen molar-refractivity contribution in [3.8, 4) is 0 Å². The minimum Gasteiger partial charge on any atom is -0.483 e. The van der Waals surface area contributed by atoms with E-state index in [-0.39, 0.29) is 6.47 Å². The zero-order chi connectivity index (χ0) is 12.2. The van der Waals surface area contributed by atoms with Crippen molar-refractivity contribution < 1.29 is 9.90 Å². The summed E-state index contributed by atoms with van der Waals surface area (Å²) in [6.45, 7) is 3.17. The van der Waals surface area contributed by atoms with Crippen LogP contribution in [-0.4, -0.2) is 25.2 Å². The third-order valence-electron chi connectivity index (χ3n) is 2.43. The molecule has 1 aromatic carbocycles. The largest absolute Gasteiger partial charge is 0.483 e. The molecule has 1 rings (SSSR count). The normalized spacial score (nSPS) is 11.1. The van der Waals surface area contributed by atoms with Crippen LogP contribution >= 0.6 is 0 Å². The van der Waals surface area contributed by atoms with Gasteiger partial charge in [0.2, 0.25) is 0 Å². The van der Waals surface area contributed by atoms with E-state index in [0.717, 1.165) is 6.54 Å². The molecule has 1 aromatic rings. The van der Waals surface area contributed by atoms with Gasteiger partial charge in [0.05, 0.1) is 0 Å². The smallest absolute Gasteiger partial charge is 0.290 e. The highest BCUT2D eigenvalue weighted by Crippen LogP contribution is 2.19. The van der Waals surface area contributed by atoms with Crippen LogP contribution in [0.5, 0.6) is 0 Å². The number of hydrogen-bond acceptors (Lipinski definition) is 2. The first-order valence-electron chi connectivity index (χ1n) is 5.53. The van der Waals surface area contributed by atoms with Crippen LogP contribution in [0.15, 0.2) is 30.3 Å². The van der Waals surface area contributed by atoms with Crippen LogP contribution in [0.3, 0.4) is 0 Å². The lowest BCUT2D eigenvalue weighted by Crippen LogP contribution is -2.08. The molecular weight excluding hydrogens is 202 g/mol. The topological polar surface area (TPSA) is 49.3 Å². The van der Waals surface area contributed by atoms with Crippen molar-refractivity contribution in [1.82, 2.24) is 5.32 Å². The highest BCUT2D eigenvalue weighted by atomic mass is 16.3. The Labute approximate surface area is 97.5 Å². The van der Waals surface area contributed by atoms with Gasteiger partial charge in [-0.15, -0.1) is 0 Å². The molecule has 0 heterocycles. The Kier molecular flexibility index (Phi) is 9.32. The van der Waals surface area contributed by atoms with Gasteiger partial charge in [0.25, 0.3) is 6.47 Å². The van der Waals surface area contributed by atoms with Crippen molar-refractivity contribution in [2.45, 2.75) is 25.7 Å². The van der Waals surface area contributed by atoms with Crippen molar-refractivity contribution >= 4 is 6.47 Å². The standard InChI is InChI=1S/C12H19N.CH2O2/c1-11(7-6-10-13-2)12-8-4-3-5-9-12;2-1-3/h3-5,8-9,11,13H,6-7,10H2,1-2H3;1H,(H,2,3).